The van der Waals surface area contributed by atoms with Crippen molar-refractivity contribution in [2.45, 2.75) is 33.0 Å². The summed E-state index contributed by atoms with van der Waals surface area (Å²) in [6.07, 6.45) is 2.03. The summed E-state index contributed by atoms with van der Waals surface area (Å²) in [6.45, 7) is 5.77. The number of nitrogens with zero attached hydrogens (tertiary/aromatic N) is 2. The number of aromatic nitrogens is 1. The van der Waals surface area contributed by atoms with Crippen molar-refractivity contribution in [2.24, 2.45) is 0 Å². The minimum Gasteiger partial charge on any atom is -0.346 e. The smallest absolute Gasteiger partial charge is 0.269 e. The predicted octanol–water partition coefficient (Wildman–Crippen LogP) is 2.94. The topological polar surface area (TPSA) is 60.1 Å². The lowest BCUT2D eigenvalue weighted by Gasteiger charge is -2.12. The molecule has 1 heterocycles. The highest BCUT2D eigenvalue weighted by Gasteiger charge is 2.06. The van der Waals surface area contributed by atoms with Gasteiger partial charge in [0, 0.05) is 43.2 Å². The van der Waals surface area contributed by atoms with Crippen LogP contribution in [0.15, 0.2) is 42.6 Å². The average molecular weight is 273 g/mol. The van der Waals surface area contributed by atoms with Gasteiger partial charge in [0.05, 0.1) is 4.92 Å². The SMILES string of the molecule is CC(C)NCc1cccn1Cc1ccc([N+](=O)[O-])cc1. The van der Waals surface area contributed by atoms with E-state index in [0.29, 0.717) is 6.04 Å². The summed E-state index contributed by atoms with van der Waals surface area (Å²) in [5.74, 6) is 0. The quantitative estimate of drug-likeness (QED) is 0.650. The summed E-state index contributed by atoms with van der Waals surface area (Å²) in [6, 6.07) is 11.2. The van der Waals surface area contributed by atoms with Gasteiger partial charge in [-0.3, -0.25) is 10.1 Å². The third-order valence-corrected chi connectivity index (χ3v) is 3.12. The van der Waals surface area contributed by atoms with Gasteiger partial charge in [-0.25, -0.2) is 0 Å². The first-order valence-electron chi connectivity index (χ1n) is 6.67. The predicted molar refractivity (Wildman–Crippen MR) is 78.6 cm³/mol. The molecule has 0 spiro atoms. The maximum atomic E-state index is 10.6. The Labute approximate surface area is 118 Å². The number of nitro benzene ring substituents is 1. The summed E-state index contributed by atoms with van der Waals surface area (Å²) in [7, 11) is 0. The van der Waals surface area contributed by atoms with Crippen molar-refractivity contribution in [3.05, 3.63) is 64.0 Å². The number of hydrogen-bond acceptors (Lipinski definition) is 3. The Morgan fingerprint density at radius 3 is 2.55 bits per heavy atom. The van der Waals surface area contributed by atoms with E-state index in [1.54, 1.807) is 24.3 Å². The van der Waals surface area contributed by atoms with E-state index in [9.17, 15) is 10.1 Å². The van der Waals surface area contributed by atoms with Crippen LogP contribution in [0.1, 0.15) is 25.1 Å². The van der Waals surface area contributed by atoms with Gasteiger partial charge < -0.3 is 9.88 Å². The third-order valence-electron chi connectivity index (χ3n) is 3.12. The van der Waals surface area contributed by atoms with E-state index in [1.165, 1.54) is 5.69 Å². The summed E-state index contributed by atoms with van der Waals surface area (Å²) < 4.78 is 2.15. The molecule has 2 aromatic rings. The molecular weight excluding hydrogens is 254 g/mol. The fourth-order valence-electron chi connectivity index (χ4n) is 1.99. The van der Waals surface area contributed by atoms with Crippen LogP contribution in [0.2, 0.25) is 0 Å². The lowest BCUT2D eigenvalue weighted by molar-refractivity contribution is -0.384. The zero-order chi connectivity index (χ0) is 14.5. The van der Waals surface area contributed by atoms with Gasteiger partial charge in [0.15, 0.2) is 0 Å². The molecular formula is C15H19N3O2. The van der Waals surface area contributed by atoms with Gasteiger partial charge in [0.25, 0.3) is 5.69 Å². The van der Waals surface area contributed by atoms with Crippen molar-refractivity contribution in [1.29, 1.82) is 0 Å². The summed E-state index contributed by atoms with van der Waals surface area (Å²) >= 11 is 0. The van der Waals surface area contributed by atoms with E-state index in [0.717, 1.165) is 18.7 Å². The van der Waals surface area contributed by atoms with Crippen LogP contribution in [0.5, 0.6) is 0 Å². The molecule has 0 atom stereocenters. The average Bonchev–Trinajstić information content (AvgIpc) is 2.84. The molecule has 1 N–H and O–H groups in total. The highest BCUT2D eigenvalue weighted by molar-refractivity contribution is 5.33. The standard InChI is InChI=1S/C15H19N3O2/c1-12(2)16-10-15-4-3-9-17(15)11-13-5-7-14(8-6-13)18(19)20/h3-9,12,16H,10-11H2,1-2H3. The first-order valence-corrected chi connectivity index (χ1v) is 6.67. The molecule has 0 bridgehead atoms. The van der Waals surface area contributed by atoms with Crippen LogP contribution in [0, 0.1) is 10.1 Å². The molecule has 5 nitrogen and oxygen atoms in total. The Balaban J connectivity index is 2.06. The molecule has 0 aliphatic heterocycles. The maximum Gasteiger partial charge on any atom is 0.269 e. The largest absolute Gasteiger partial charge is 0.346 e. The number of hydrogen-bond donors (Lipinski definition) is 1. The fraction of sp³-hybridized carbons (Fsp3) is 0.333. The molecule has 0 saturated carbocycles. The molecule has 0 aliphatic carbocycles. The van der Waals surface area contributed by atoms with E-state index in [-0.39, 0.29) is 10.6 Å². The van der Waals surface area contributed by atoms with E-state index in [4.69, 9.17) is 0 Å². The van der Waals surface area contributed by atoms with Crippen molar-refractivity contribution in [3.8, 4) is 0 Å². The normalized spacial score (nSPS) is 10.9. The molecule has 106 valence electrons. The number of non-ortho nitro benzene ring substituents is 1. The fourth-order valence-corrected chi connectivity index (χ4v) is 1.99. The van der Waals surface area contributed by atoms with Crippen molar-refractivity contribution in [3.63, 3.8) is 0 Å². The first kappa shape index (κ1) is 14.3. The van der Waals surface area contributed by atoms with Crippen molar-refractivity contribution >= 4 is 5.69 Å². The number of benzene rings is 1. The molecule has 0 aliphatic rings. The van der Waals surface area contributed by atoms with Crippen molar-refractivity contribution < 1.29 is 4.92 Å². The second-order valence-corrected chi connectivity index (χ2v) is 5.09. The molecule has 0 saturated heterocycles. The molecule has 1 aromatic carbocycles. The monoisotopic (exact) mass is 273 g/mol. The van der Waals surface area contributed by atoms with Crippen LogP contribution in [0.4, 0.5) is 5.69 Å². The second kappa shape index (κ2) is 6.34. The Kier molecular flexibility index (Phi) is 4.53. The van der Waals surface area contributed by atoms with Crippen LogP contribution < -0.4 is 5.32 Å². The van der Waals surface area contributed by atoms with E-state index in [1.807, 2.05) is 12.3 Å². The molecule has 20 heavy (non-hydrogen) atoms. The summed E-state index contributed by atoms with van der Waals surface area (Å²) in [4.78, 5) is 10.2. The molecule has 0 fully saturated rings. The van der Waals surface area contributed by atoms with Gasteiger partial charge >= 0.3 is 0 Å². The molecule has 0 amide bonds. The number of nitrogens with one attached hydrogen (secondary N) is 1. The summed E-state index contributed by atoms with van der Waals surface area (Å²) in [5, 5.41) is 14.0. The van der Waals surface area contributed by atoms with Crippen LogP contribution in [0.3, 0.4) is 0 Å². The molecule has 2 rings (SSSR count). The van der Waals surface area contributed by atoms with Gasteiger partial charge in [-0.1, -0.05) is 26.0 Å². The second-order valence-electron chi connectivity index (χ2n) is 5.09. The van der Waals surface area contributed by atoms with Gasteiger partial charge in [0.2, 0.25) is 0 Å². The highest BCUT2D eigenvalue weighted by atomic mass is 16.6. The Morgan fingerprint density at radius 2 is 1.95 bits per heavy atom. The number of nitro groups is 1. The third kappa shape index (κ3) is 3.68. The zero-order valence-corrected chi connectivity index (χ0v) is 11.7. The van der Waals surface area contributed by atoms with Crippen LogP contribution >= 0.6 is 0 Å². The Bertz CT molecular complexity index is 573. The minimum atomic E-state index is -0.378. The molecule has 0 radical (unpaired) electrons. The lowest BCUT2D eigenvalue weighted by Crippen LogP contribution is -2.23. The summed E-state index contributed by atoms with van der Waals surface area (Å²) in [5.41, 5.74) is 2.39. The van der Waals surface area contributed by atoms with Crippen molar-refractivity contribution in [2.75, 3.05) is 0 Å². The molecule has 1 aromatic heterocycles. The van der Waals surface area contributed by atoms with E-state index >= 15 is 0 Å². The van der Waals surface area contributed by atoms with Crippen molar-refractivity contribution in [1.82, 2.24) is 9.88 Å². The minimum absolute atomic E-state index is 0.128. The Hall–Kier alpha value is -2.14. The molecule has 5 heteroatoms. The van der Waals surface area contributed by atoms with Gasteiger partial charge in [-0.2, -0.15) is 0 Å². The van der Waals surface area contributed by atoms with Crippen LogP contribution in [-0.4, -0.2) is 15.5 Å². The van der Waals surface area contributed by atoms with Gasteiger partial charge in [0.1, 0.15) is 0 Å². The maximum absolute atomic E-state index is 10.6. The van der Waals surface area contributed by atoms with Gasteiger partial charge in [-0.05, 0) is 17.7 Å². The van der Waals surface area contributed by atoms with E-state index in [2.05, 4.69) is 29.8 Å². The molecule has 0 unspecified atom stereocenters. The lowest BCUT2D eigenvalue weighted by atomic mass is 10.2. The highest BCUT2D eigenvalue weighted by Crippen LogP contribution is 2.14. The van der Waals surface area contributed by atoms with E-state index < -0.39 is 0 Å². The van der Waals surface area contributed by atoms with Crippen LogP contribution in [-0.2, 0) is 13.1 Å². The van der Waals surface area contributed by atoms with Gasteiger partial charge in [-0.15, -0.1) is 0 Å². The number of rotatable bonds is 6. The van der Waals surface area contributed by atoms with Crippen LogP contribution in [0.25, 0.3) is 0 Å². The zero-order valence-electron chi connectivity index (χ0n) is 11.7. The Morgan fingerprint density at radius 1 is 1.25 bits per heavy atom. The first-order chi connectivity index (χ1) is 9.56.